The van der Waals surface area contributed by atoms with E-state index < -0.39 is 5.97 Å². The standard InChI is InChI=1S/C14H24N2O4/c1-2-12-10-15(7-8-20-12)14(19)16-6-4-3-5-11(16)9-13(17)18/h11-12H,2-10H2,1H3,(H,17,18). The molecule has 2 atom stereocenters. The van der Waals surface area contributed by atoms with Gasteiger partial charge in [-0.25, -0.2) is 4.79 Å². The van der Waals surface area contributed by atoms with Gasteiger partial charge in [-0.05, 0) is 25.7 Å². The van der Waals surface area contributed by atoms with Crippen molar-refractivity contribution < 1.29 is 19.4 Å². The van der Waals surface area contributed by atoms with E-state index >= 15 is 0 Å². The number of piperidine rings is 1. The lowest BCUT2D eigenvalue weighted by Gasteiger charge is -2.41. The molecular formula is C14H24N2O4. The van der Waals surface area contributed by atoms with Crippen LogP contribution in [0.2, 0.25) is 0 Å². The van der Waals surface area contributed by atoms with Gasteiger partial charge in [-0.1, -0.05) is 6.92 Å². The van der Waals surface area contributed by atoms with Crippen molar-refractivity contribution in [3.05, 3.63) is 0 Å². The molecule has 2 fully saturated rings. The summed E-state index contributed by atoms with van der Waals surface area (Å²) in [6, 6.07) is -0.172. The predicted octanol–water partition coefficient (Wildman–Crippen LogP) is 1.55. The minimum absolute atomic E-state index is 0.0160. The molecule has 0 aromatic rings. The van der Waals surface area contributed by atoms with Crippen molar-refractivity contribution in [1.29, 1.82) is 0 Å². The maximum absolute atomic E-state index is 12.6. The van der Waals surface area contributed by atoms with Gasteiger partial charge in [-0.15, -0.1) is 0 Å². The highest BCUT2D eigenvalue weighted by Gasteiger charge is 2.33. The van der Waals surface area contributed by atoms with E-state index in [1.807, 2.05) is 11.8 Å². The van der Waals surface area contributed by atoms with Gasteiger partial charge >= 0.3 is 12.0 Å². The molecule has 0 aliphatic carbocycles. The Labute approximate surface area is 119 Å². The first-order chi connectivity index (χ1) is 9.61. The van der Waals surface area contributed by atoms with Crippen molar-refractivity contribution in [2.75, 3.05) is 26.2 Å². The molecule has 2 heterocycles. The van der Waals surface area contributed by atoms with Crippen LogP contribution in [0.5, 0.6) is 0 Å². The summed E-state index contributed by atoms with van der Waals surface area (Å²) in [7, 11) is 0. The maximum Gasteiger partial charge on any atom is 0.320 e. The number of morpholine rings is 1. The summed E-state index contributed by atoms with van der Waals surface area (Å²) in [5.41, 5.74) is 0. The zero-order valence-corrected chi connectivity index (χ0v) is 12.1. The molecule has 114 valence electrons. The van der Waals surface area contributed by atoms with Crippen LogP contribution < -0.4 is 0 Å². The van der Waals surface area contributed by atoms with E-state index in [1.165, 1.54) is 0 Å². The summed E-state index contributed by atoms with van der Waals surface area (Å²) in [4.78, 5) is 27.1. The molecule has 0 aromatic heterocycles. The summed E-state index contributed by atoms with van der Waals surface area (Å²) in [6.45, 7) is 4.51. The second-order valence-electron chi connectivity index (χ2n) is 5.57. The smallest absolute Gasteiger partial charge is 0.320 e. The van der Waals surface area contributed by atoms with E-state index in [9.17, 15) is 9.59 Å². The predicted molar refractivity (Wildman–Crippen MR) is 73.6 cm³/mol. The zero-order chi connectivity index (χ0) is 14.5. The number of urea groups is 1. The number of carboxylic acids is 1. The summed E-state index contributed by atoms with van der Waals surface area (Å²) < 4.78 is 5.58. The van der Waals surface area contributed by atoms with Crippen LogP contribution in [-0.2, 0) is 9.53 Å². The molecule has 20 heavy (non-hydrogen) atoms. The highest BCUT2D eigenvalue weighted by molar-refractivity contribution is 5.76. The number of ether oxygens (including phenoxy) is 1. The molecular weight excluding hydrogens is 260 g/mol. The van der Waals surface area contributed by atoms with Crippen molar-refractivity contribution in [1.82, 2.24) is 9.80 Å². The van der Waals surface area contributed by atoms with Crippen molar-refractivity contribution >= 4 is 12.0 Å². The van der Waals surface area contributed by atoms with Crippen LogP contribution in [0.25, 0.3) is 0 Å². The van der Waals surface area contributed by atoms with E-state index in [0.29, 0.717) is 26.2 Å². The fraction of sp³-hybridized carbons (Fsp3) is 0.857. The van der Waals surface area contributed by atoms with Crippen LogP contribution in [-0.4, -0.2) is 65.3 Å². The third-order valence-electron chi connectivity index (χ3n) is 4.15. The molecule has 0 saturated carbocycles. The number of hydrogen-bond donors (Lipinski definition) is 1. The van der Waals surface area contributed by atoms with Gasteiger partial charge in [0.15, 0.2) is 0 Å². The van der Waals surface area contributed by atoms with Gasteiger partial charge in [-0.2, -0.15) is 0 Å². The highest BCUT2D eigenvalue weighted by atomic mass is 16.5. The van der Waals surface area contributed by atoms with Crippen LogP contribution in [0.15, 0.2) is 0 Å². The number of carbonyl (C=O) groups is 2. The van der Waals surface area contributed by atoms with Gasteiger partial charge in [0.1, 0.15) is 0 Å². The molecule has 6 heteroatoms. The van der Waals surface area contributed by atoms with Gasteiger partial charge in [-0.3, -0.25) is 4.79 Å². The molecule has 2 rings (SSSR count). The van der Waals surface area contributed by atoms with Crippen molar-refractivity contribution in [2.45, 2.75) is 51.2 Å². The monoisotopic (exact) mass is 284 g/mol. The second-order valence-corrected chi connectivity index (χ2v) is 5.57. The Balaban J connectivity index is 1.99. The Morgan fingerprint density at radius 3 is 2.80 bits per heavy atom. The lowest BCUT2D eigenvalue weighted by atomic mass is 10.00. The molecule has 2 amide bonds. The Kier molecular flexibility index (Phi) is 5.23. The third-order valence-corrected chi connectivity index (χ3v) is 4.15. The summed E-state index contributed by atoms with van der Waals surface area (Å²) >= 11 is 0. The lowest BCUT2D eigenvalue weighted by molar-refractivity contribution is -0.138. The number of nitrogens with zero attached hydrogens (tertiary/aromatic N) is 2. The zero-order valence-electron chi connectivity index (χ0n) is 12.1. The van der Waals surface area contributed by atoms with Gasteiger partial charge in [0.05, 0.1) is 19.1 Å². The lowest BCUT2D eigenvalue weighted by Crippen LogP contribution is -2.55. The van der Waals surface area contributed by atoms with E-state index in [-0.39, 0.29) is 24.6 Å². The normalized spacial score (nSPS) is 27.4. The number of hydrogen-bond acceptors (Lipinski definition) is 3. The first-order valence-corrected chi connectivity index (χ1v) is 7.50. The summed E-state index contributed by atoms with van der Waals surface area (Å²) in [5, 5.41) is 8.98. The molecule has 6 nitrogen and oxygen atoms in total. The van der Waals surface area contributed by atoms with Crippen LogP contribution in [0.1, 0.15) is 39.0 Å². The molecule has 2 saturated heterocycles. The largest absolute Gasteiger partial charge is 0.481 e. The Morgan fingerprint density at radius 1 is 1.30 bits per heavy atom. The molecule has 0 aromatic carbocycles. The van der Waals surface area contributed by atoms with Gasteiger partial charge in [0, 0.05) is 25.7 Å². The van der Waals surface area contributed by atoms with Gasteiger partial charge < -0.3 is 19.6 Å². The molecule has 0 radical (unpaired) electrons. The molecule has 1 N–H and O–H groups in total. The number of carboxylic acid groups (broad SMARTS) is 1. The number of rotatable bonds is 3. The quantitative estimate of drug-likeness (QED) is 0.853. The molecule has 2 aliphatic heterocycles. The van der Waals surface area contributed by atoms with Crippen LogP contribution in [0.4, 0.5) is 4.79 Å². The van der Waals surface area contributed by atoms with Crippen LogP contribution in [0.3, 0.4) is 0 Å². The second kappa shape index (κ2) is 6.92. The third kappa shape index (κ3) is 3.62. The molecule has 2 unspecified atom stereocenters. The maximum atomic E-state index is 12.6. The van der Waals surface area contributed by atoms with Gasteiger partial charge in [0.2, 0.25) is 0 Å². The van der Waals surface area contributed by atoms with Crippen LogP contribution >= 0.6 is 0 Å². The van der Waals surface area contributed by atoms with Gasteiger partial charge in [0.25, 0.3) is 0 Å². The molecule has 0 bridgehead atoms. The Hall–Kier alpha value is -1.30. The fourth-order valence-corrected chi connectivity index (χ4v) is 2.99. The topological polar surface area (TPSA) is 70.1 Å². The summed E-state index contributed by atoms with van der Waals surface area (Å²) in [6.07, 6.45) is 3.80. The first-order valence-electron chi connectivity index (χ1n) is 7.50. The van der Waals surface area contributed by atoms with E-state index in [2.05, 4.69) is 0 Å². The average molecular weight is 284 g/mol. The van der Waals surface area contributed by atoms with Crippen molar-refractivity contribution in [3.63, 3.8) is 0 Å². The summed E-state index contributed by atoms with van der Waals surface area (Å²) in [5.74, 6) is -0.830. The number of aliphatic carboxylic acids is 1. The average Bonchev–Trinajstić information content (AvgIpc) is 2.46. The van der Waals surface area contributed by atoms with Crippen LogP contribution in [0, 0.1) is 0 Å². The minimum atomic E-state index is -0.830. The van der Waals surface area contributed by atoms with E-state index in [4.69, 9.17) is 9.84 Å². The van der Waals surface area contributed by atoms with E-state index in [0.717, 1.165) is 25.7 Å². The van der Waals surface area contributed by atoms with E-state index in [1.54, 1.807) is 4.90 Å². The van der Waals surface area contributed by atoms with Crippen molar-refractivity contribution in [2.24, 2.45) is 0 Å². The Bertz CT molecular complexity index is 361. The molecule has 2 aliphatic rings. The number of likely N-dealkylation sites (tertiary alicyclic amines) is 1. The SMILES string of the molecule is CCC1CN(C(=O)N2CCCCC2CC(=O)O)CCO1. The number of carbonyl (C=O) groups excluding carboxylic acids is 1. The van der Waals surface area contributed by atoms with Crippen molar-refractivity contribution in [3.8, 4) is 0 Å². The first kappa shape index (κ1) is 15.1. The Morgan fingerprint density at radius 2 is 2.10 bits per heavy atom. The molecule has 0 spiro atoms. The minimum Gasteiger partial charge on any atom is -0.481 e. The highest BCUT2D eigenvalue weighted by Crippen LogP contribution is 2.22. The number of amides is 2. The fourth-order valence-electron chi connectivity index (χ4n) is 2.99.